The predicted octanol–water partition coefficient (Wildman–Crippen LogP) is 4.45. The molecular weight excluding hydrogens is 325 g/mol. The van der Waals surface area contributed by atoms with E-state index < -0.39 is 5.82 Å². The van der Waals surface area contributed by atoms with Crippen LogP contribution in [-0.2, 0) is 0 Å². The van der Waals surface area contributed by atoms with Crippen LogP contribution in [0.15, 0.2) is 40.9 Å². The molecule has 0 atom stereocenters. The van der Waals surface area contributed by atoms with E-state index in [9.17, 15) is 9.18 Å². The summed E-state index contributed by atoms with van der Waals surface area (Å²) in [5, 5.41) is 8.67. The van der Waals surface area contributed by atoms with Gasteiger partial charge in [-0.25, -0.2) is 4.39 Å². The van der Waals surface area contributed by atoms with Crippen molar-refractivity contribution in [2.24, 2.45) is 0 Å². The average molecular weight is 334 g/mol. The first-order valence-corrected chi connectivity index (χ1v) is 6.48. The van der Waals surface area contributed by atoms with E-state index in [1.54, 1.807) is 24.3 Å². The van der Waals surface area contributed by atoms with Crippen molar-refractivity contribution >= 4 is 21.7 Å². The van der Waals surface area contributed by atoms with Crippen LogP contribution in [0.25, 0.3) is 0 Å². The van der Waals surface area contributed by atoms with Crippen LogP contribution in [0.4, 0.5) is 4.39 Å². The Morgan fingerprint density at radius 3 is 2.65 bits per heavy atom. The Bertz CT molecular complexity index is 722. The Morgan fingerprint density at radius 1 is 1.30 bits per heavy atom. The number of halogens is 2. The van der Waals surface area contributed by atoms with Gasteiger partial charge in [0.2, 0.25) is 0 Å². The summed E-state index contributed by atoms with van der Waals surface area (Å²) < 4.78 is 19.8. The lowest BCUT2D eigenvalue weighted by atomic mass is 10.1. The number of benzene rings is 2. The molecule has 0 saturated carbocycles. The van der Waals surface area contributed by atoms with Crippen molar-refractivity contribution < 1.29 is 13.9 Å². The fourth-order valence-corrected chi connectivity index (χ4v) is 2.00. The number of ether oxygens (including phenoxy) is 1. The van der Waals surface area contributed by atoms with Gasteiger partial charge in [-0.15, -0.1) is 0 Å². The first-order chi connectivity index (χ1) is 9.51. The molecule has 0 aromatic heterocycles. The first-order valence-electron chi connectivity index (χ1n) is 5.69. The monoisotopic (exact) mass is 333 g/mol. The van der Waals surface area contributed by atoms with Gasteiger partial charge < -0.3 is 4.74 Å². The number of nitriles is 1. The minimum atomic E-state index is -0.661. The molecule has 0 aliphatic heterocycles. The molecule has 0 spiro atoms. The molecule has 3 nitrogen and oxygen atoms in total. The Kier molecular flexibility index (Phi) is 4.16. The topological polar surface area (TPSA) is 50.1 Å². The van der Waals surface area contributed by atoms with Gasteiger partial charge >= 0.3 is 0 Å². The highest BCUT2D eigenvalue weighted by Gasteiger charge is 2.11. The second-order valence-corrected chi connectivity index (χ2v) is 4.97. The van der Waals surface area contributed by atoms with Crippen molar-refractivity contribution in [1.29, 1.82) is 5.26 Å². The van der Waals surface area contributed by atoms with E-state index in [0.717, 1.165) is 10.5 Å². The zero-order valence-electron chi connectivity index (χ0n) is 10.5. The van der Waals surface area contributed by atoms with Crippen molar-refractivity contribution in [3.63, 3.8) is 0 Å². The Hall–Kier alpha value is -2.19. The molecule has 0 aliphatic carbocycles. The first kappa shape index (κ1) is 14.2. The number of carbonyl (C=O) groups excluding carboxylic acids is 1. The molecule has 2 aromatic carbocycles. The van der Waals surface area contributed by atoms with Crippen LogP contribution >= 0.6 is 15.9 Å². The van der Waals surface area contributed by atoms with Gasteiger partial charge in [0.15, 0.2) is 5.78 Å². The van der Waals surface area contributed by atoms with Crippen molar-refractivity contribution in [1.82, 2.24) is 0 Å². The molecule has 0 fully saturated rings. The molecule has 0 unspecified atom stereocenters. The van der Waals surface area contributed by atoms with Crippen LogP contribution in [0.5, 0.6) is 11.5 Å². The highest BCUT2D eigenvalue weighted by Crippen LogP contribution is 2.29. The van der Waals surface area contributed by atoms with E-state index in [-0.39, 0.29) is 17.1 Å². The van der Waals surface area contributed by atoms with Gasteiger partial charge in [-0.1, -0.05) is 15.9 Å². The molecule has 0 radical (unpaired) electrons. The highest BCUT2D eigenvalue weighted by atomic mass is 79.9. The quantitative estimate of drug-likeness (QED) is 0.779. The normalized spacial score (nSPS) is 9.90. The number of hydrogen-bond acceptors (Lipinski definition) is 3. The number of carbonyl (C=O) groups is 1. The molecule has 2 aromatic rings. The number of rotatable bonds is 3. The van der Waals surface area contributed by atoms with E-state index in [4.69, 9.17) is 10.00 Å². The average Bonchev–Trinajstić information content (AvgIpc) is 2.41. The lowest BCUT2D eigenvalue weighted by Crippen LogP contribution is -1.97. The second kappa shape index (κ2) is 5.85. The summed E-state index contributed by atoms with van der Waals surface area (Å²) in [6, 6.07) is 10.6. The molecule has 0 N–H and O–H groups in total. The number of hydrogen-bond donors (Lipinski definition) is 0. The summed E-state index contributed by atoms with van der Waals surface area (Å²) in [7, 11) is 0. The summed E-state index contributed by atoms with van der Waals surface area (Å²) in [5.74, 6) is -0.252. The van der Waals surface area contributed by atoms with Gasteiger partial charge in [-0.2, -0.15) is 5.26 Å². The minimum Gasteiger partial charge on any atom is -0.457 e. The molecule has 0 saturated heterocycles. The third-order valence-electron chi connectivity index (χ3n) is 2.61. The van der Waals surface area contributed by atoms with Crippen LogP contribution in [-0.4, -0.2) is 5.78 Å². The Labute approximate surface area is 123 Å². The van der Waals surface area contributed by atoms with Gasteiger partial charge in [0, 0.05) is 10.5 Å². The van der Waals surface area contributed by atoms with Gasteiger partial charge in [0.25, 0.3) is 0 Å². The van der Waals surface area contributed by atoms with Crippen LogP contribution in [0, 0.1) is 17.1 Å². The summed E-state index contributed by atoms with van der Waals surface area (Å²) >= 11 is 3.28. The third kappa shape index (κ3) is 3.03. The van der Waals surface area contributed by atoms with Crippen LogP contribution < -0.4 is 4.74 Å². The predicted molar refractivity (Wildman–Crippen MR) is 75.3 cm³/mol. The summed E-state index contributed by atoms with van der Waals surface area (Å²) in [4.78, 5) is 11.6. The summed E-state index contributed by atoms with van der Waals surface area (Å²) in [5.41, 5.74) is 0.337. The molecule has 100 valence electrons. The van der Waals surface area contributed by atoms with Crippen molar-refractivity contribution in [3.8, 4) is 17.6 Å². The Morgan fingerprint density at radius 2 is 2.05 bits per heavy atom. The second-order valence-electron chi connectivity index (χ2n) is 4.05. The zero-order valence-corrected chi connectivity index (χ0v) is 12.1. The smallest absolute Gasteiger partial charge is 0.163 e. The van der Waals surface area contributed by atoms with Crippen molar-refractivity contribution in [3.05, 3.63) is 57.8 Å². The van der Waals surface area contributed by atoms with Gasteiger partial charge in [0.05, 0.1) is 11.1 Å². The Balaban J connectivity index is 2.38. The third-order valence-corrected chi connectivity index (χ3v) is 3.10. The van der Waals surface area contributed by atoms with Crippen LogP contribution in [0.1, 0.15) is 22.8 Å². The van der Waals surface area contributed by atoms with Crippen LogP contribution in [0.3, 0.4) is 0 Å². The largest absolute Gasteiger partial charge is 0.457 e. The van der Waals surface area contributed by atoms with Crippen molar-refractivity contribution in [2.45, 2.75) is 6.92 Å². The highest BCUT2D eigenvalue weighted by molar-refractivity contribution is 9.10. The van der Waals surface area contributed by atoms with Crippen LogP contribution in [0.2, 0.25) is 0 Å². The zero-order chi connectivity index (χ0) is 14.7. The van der Waals surface area contributed by atoms with Gasteiger partial charge in [0.1, 0.15) is 23.4 Å². The maximum absolute atomic E-state index is 13.5. The number of nitrogens with zero attached hydrogens (tertiary/aromatic N) is 1. The molecule has 5 heteroatoms. The van der Waals surface area contributed by atoms with Crippen molar-refractivity contribution in [2.75, 3.05) is 0 Å². The van der Waals surface area contributed by atoms with Gasteiger partial charge in [-0.05, 0) is 37.3 Å². The number of ketones is 1. The SMILES string of the molecule is CC(=O)c1cc(Br)ccc1Oc1ccc(C#N)c(F)c1. The van der Waals surface area contributed by atoms with E-state index in [1.807, 2.05) is 0 Å². The van der Waals surface area contributed by atoms with E-state index in [2.05, 4.69) is 15.9 Å². The maximum atomic E-state index is 13.5. The van der Waals surface area contributed by atoms with Gasteiger partial charge in [-0.3, -0.25) is 4.79 Å². The molecule has 0 heterocycles. The van der Waals surface area contributed by atoms with E-state index in [0.29, 0.717) is 11.3 Å². The standard InChI is InChI=1S/C15H9BrFNO2/c1-9(19)13-6-11(16)3-5-15(13)20-12-4-2-10(8-18)14(17)7-12/h2-7H,1H3. The molecular formula is C15H9BrFNO2. The summed E-state index contributed by atoms with van der Waals surface area (Å²) in [6.45, 7) is 1.42. The minimum absolute atomic E-state index is 0.0556. The van der Waals surface area contributed by atoms with E-state index >= 15 is 0 Å². The number of Topliss-reactive ketones (excluding diaryl/α,β-unsaturated/α-hetero) is 1. The molecule has 0 aliphatic rings. The molecule has 20 heavy (non-hydrogen) atoms. The summed E-state index contributed by atoms with van der Waals surface area (Å²) in [6.07, 6.45) is 0. The maximum Gasteiger partial charge on any atom is 0.163 e. The molecule has 0 amide bonds. The fraction of sp³-hybridized carbons (Fsp3) is 0.0667. The lowest BCUT2D eigenvalue weighted by Gasteiger charge is -2.10. The molecule has 2 rings (SSSR count). The molecule has 0 bridgehead atoms. The lowest BCUT2D eigenvalue weighted by molar-refractivity contribution is 0.101. The van der Waals surface area contributed by atoms with E-state index in [1.165, 1.54) is 19.1 Å². The fourth-order valence-electron chi connectivity index (χ4n) is 1.64.